The summed E-state index contributed by atoms with van der Waals surface area (Å²) in [5.74, 6) is 2.43. The van der Waals surface area contributed by atoms with Crippen LogP contribution >= 0.6 is 22.3 Å². The molecule has 0 amide bonds. The van der Waals surface area contributed by atoms with Gasteiger partial charge in [0.25, 0.3) is 0 Å². The van der Waals surface area contributed by atoms with Crippen molar-refractivity contribution in [3.63, 3.8) is 0 Å². The van der Waals surface area contributed by atoms with E-state index < -0.39 is 0 Å². The lowest BCUT2D eigenvalue weighted by Gasteiger charge is -1.77. The standard InChI is InChI=1S/C6H10.ClH.H3P/c1-2-5(1)6-3-4-6;;/h5-6H,1-4H2;1H;1H3. The summed E-state index contributed by atoms with van der Waals surface area (Å²) in [5, 5.41) is 0. The van der Waals surface area contributed by atoms with Crippen LogP contribution in [0.15, 0.2) is 0 Å². The van der Waals surface area contributed by atoms with Gasteiger partial charge in [-0.05, 0) is 37.5 Å². The van der Waals surface area contributed by atoms with E-state index in [-0.39, 0.29) is 22.3 Å². The molecule has 8 heavy (non-hydrogen) atoms. The molecule has 0 aromatic rings. The Labute approximate surface area is 60.5 Å². The Balaban J connectivity index is 0.000000245. The summed E-state index contributed by atoms with van der Waals surface area (Å²) < 4.78 is 0. The first-order valence-electron chi connectivity index (χ1n) is 2.97. The van der Waals surface area contributed by atoms with E-state index >= 15 is 0 Å². The largest absolute Gasteiger partial charge is 0.153 e. The van der Waals surface area contributed by atoms with E-state index in [0.29, 0.717) is 0 Å². The third kappa shape index (κ3) is 1.91. The first kappa shape index (κ1) is 8.72. The van der Waals surface area contributed by atoms with Crippen LogP contribution in [0.3, 0.4) is 0 Å². The number of rotatable bonds is 1. The summed E-state index contributed by atoms with van der Waals surface area (Å²) in [6.07, 6.45) is 6.24. The van der Waals surface area contributed by atoms with Gasteiger partial charge in [0.05, 0.1) is 0 Å². The first-order valence-corrected chi connectivity index (χ1v) is 2.97. The molecule has 50 valence electrons. The quantitative estimate of drug-likeness (QED) is 0.506. The van der Waals surface area contributed by atoms with Crippen LogP contribution in [0.1, 0.15) is 25.7 Å². The molecule has 2 saturated carbocycles. The molecule has 1 atom stereocenters. The molecule has 2 aliphatic rings. The van der Waals surface area contributed by atoms with E-state index in [2.05, 4.69) is 0 Å². The highest BCUT2D eigenvalue weighted by molar-refractivity contribution is 6.92. The molecule has 0 heterocycles. The maximum atomic E-state index is 1.56. The van der Waals surface area contributed by atoms with Crippen molar-refractivity contribution in [3.05, 3.63) is 0 Å². The molecule has 2 aliphatic carbocycles. The minimum absolute atomic E-state index is 0. The number of halogens is 1. The van der Waals surface area contributed by atoms with Gasteiger partial charge in [0.1, 0.15) is 0 Å². The Hall–Kier alpha value is 0.720. The summed E-state index contributed by atoms with van der Waals surface area (Å²) in [4.78, 5) is 0. The molecular weight excluding hydrogens is 138 g/mol. The second-order valence-corrected chi connectivity index (χ2v) is 2.67. The molecule has 0 radical (unpaired) electrons. The predicted molar refractivity (Wildman–Crippen MR) is 43.8 cm³/mol. The zero-order valence-electron chi connectivity index (χ0n) is 5.10. The highest BCUT2D eigenvalue weighted by Crippen LogP contribution is 2.49. The van der Waals surface area contributed by atoms with Crippen molar-refractivity contribution in [1.29, 1.82) is 0 Å². The molecular formula is C6H14ClP. The summed E-state index contributed by atoms with van der Waals surface area (Å²) in [7, 11) is 0. The Morgan fingerprint density at radius 3 is 1.12 bits per heavy atom. The van der Waals surface area contributed by atoms with Gasteiger partial charge in [0, 0.05) is 0 Å². The molecule has 0 saturated heterocycles. The average molecular weight is 153 g/mol. The van der Waals surface area contributed by atoms with Gasteiger partial charge in [-0.25, -0.2) is 0 Å². The van der Waals surface area contributed by atoms with E-state index in [1.807, 2.05) is 0 Å². The lowest BCUT2D eigenvalue weighted by Crippen LogP contribution is -1.70. The molecule has 1 unspecified atom stereocenters. The summed E-state index contributed by atoms with van der Waals surface area (Å²) in [6.45, 7) is 0. The zero-order chi connectivity index (χ0) is 3.98. The van der Waals surface area contributed by atoms with Crippen LogP contribution in [-0.4, -0.2) is 0 Å². The van der Waals surface area contributed by atoms with Crippen LogP contribution in [-0.2, 0) is 0 Å². The van der Waals surface area contributed by atoms with Gasteiger partial charge in [0.15, 0.2) is 0 Å². The summed E-state index contributed by atoms with van der Waals surface area (Å²) in [6, 6.07) is 0. The Kier molecular flexibility index (Phi) is 3.31. The highest BCUT2D eigenvalue weighted by Gasteiger charge is 2.37. The summed E-state index contributed by atoms with van der Waals surface area (Å²) in [5.41, 5.74) is 0. The van der Waals surface area contributed by atoms with Gasteiger partial charge in [-0.1, -0.05) is 0 Å². The van der Waals surface area contributed by atoms with E-state index in [0.717, 1.165) is 0 Å². The van der Waals surface area contributed by atoms with Crippen LogP contribution in [0.4, 0.5) is 0 Å². The van der Waals surface area contributed by atoms with Gasteiger partial charge in [-0.15, -0.1) is 12.4 Å². The monoisotopic (exact) mass is 152 g/mol. The van der Waals surface area contributed by atoms with Crippen LogP contribution < -0.4 is 0 Å². The normalized spacial score (nSPS) is 25.5. The van der Waals surface area contributed by atoms with E-state index in [1.165, 1.54) is 11.8 Å². The van der Waals surface area contributed by atoms with Gasteiger partial charge in [-0.3, -0.25) is 0 Å². The Morgan fingerprint density at radius 2 is 1.00 bits per heavy atom. The fourth-order valence-electron chi connectivity index (χ4n) is 1.14. The SMILES string of the molecule is C1CC1C1CC1.Cl.P. The van der Waals surface area contributed by atoms with Crippen molar-refractivity contribution >= 4 is 22.3 Å². The van der Waals surface area contributed by atoms with Crippen LogP contribution in [0.25, 0.3) is 0 Å². The maximum absolute atomic E-state index is 1.56. The lowest BCUT2D eigenvalue weighted by atomic mass is 10.3. The number of hydrogen-bond acceptors (Lipinski definition) is 0. The predicted octanol–water partition coefficient (Wildman–Crippen LogP) is 2.29. The lowest BCUT2D eigenvalue weighted by molar-refractivity contribution is 0.716. The smallest absolute Gasteiger partial charge is 0.0386 e. The third-order valence-electron chi connectivity index (χ3n) is 1.91. The molecule has 0 aliphatic heterocycles. The third-order valence-corrected chi connectivity index (χ3v) is 1.91. The van der Waals surface area contributed by atoms with Gasteiger partial charge in [0.2, 0.25) is 0 Å². The molecule has 0 N–H and O–H groups in total. The van der Waals surface area contributed by atoms with E-state index in [4.69, 9.17) is 0 Å². The fraction of sp³-hybridized carbons (Fsp3) is 1.00. The molecule has 2 heteroatoms. The second kappa shape index (κ2) is 3.03. The minimum Gasteiger partial charge on any atom is -0.153 e. The zero-order valence-corrected chi connectivity index (χ0v) is 7.33. The van der Waals surface area contributed by atoms with Crippen molar-refractivity contribution < 1.29 is 0 Å². The molecule has 0 nitrogen and oxygen atoms in total. The fourth-order valence-corrected chi connectivity index (χ4v) is 1.14. The topological polar surface area (TPSA) is 0 Å². The summed E-state index contributed by atoms with van der Waals surface area (Å²) >= 11 is 0. The molecule has 0 bridgehead atoms. The van der Waals surface area contributed by atoms with Gasteiger partial charge >= 0.3 is 0 Å². The van der Waals surface area contributed by atoms with E-state index in [1.54, 1.807) is 25.7 Å². The van der Waals surface area contributed by atoms with Crippen molar-refractivity contribution in [1.82, 2.24) is 0 Å². The van der Waals surface area contributed by atoms with Crippen LogP contribution in [0.2, 0.25) is 0 Å². The van der Waals surface area contributed by atoms with Gasteiger partial charge in [-0.2, -0.15) is 9.90 Å². The van der Waals surface area contributed by atoms with Crippen molar-refractivity contribution in [3.8, 4) is 0 Å². The Bertz CT molecular complexity index is 56.9. The van der Waals surface area contributed by atoms with Crippen molar-refractivity contribution in [2.75, 3.05) is 0 Å². The molecule has 0 aromatic carbocycles. The van der Waals surface area contributed by atoms with Crippen molar-refractivity contribution in [2.45, 2.75) is 25.7 Å². The minimum atomic E-state index is 0. The molecule has 2 rings (SSSR count). The highest BCUT2D eigenvalue weighted by atomic mass is 35.5. The first-order chi connectivity index (χ1) is 2.97. The molecule has 0 aromatic heterocycles. The molecule has 2 fully saturated rings. The average Bonchev–Trinajstić information content (AvgIpc) is 2.26. The van der Waals surface area contributed by atoms with Gasteiger partial charge < -0.3 is 0 Å². The van der Waals surface area contributed by atoms with Crippen molar-refractivity contribution in [2.24, 2.45) is 11.8 Å². The van der Waals surface area contributed by atoms with Crippen LogP contribution in [0.5, 0.6) is 0 Å². The maximum Gasteiger partial charge on any atom is -0.0386 e. The number of hydrogen-bond donors (Lipinski definition) is 0. The Morgan fingerprint density at radius 1 is 0.750 bits per heavy atom. The van der Waals surface area contributed by atoms with Crippen LogP contribution in [0, 0.1) is 11.8 Å². The second-order valence-electron chi connectivity index (χ2n) is 2.67. The van der Waals surface area contributed by atoms with E-state index in [9.17, 15) is 0 Å². The molecule has 0 spiro atoms.